The van der Waals surface area contributed by atoms with Gasteiger partial charge in [0, 0.05) is 5.39 Å². The van der Waals surface area contributed by atoms with Gasteiger partial charge >= 0.3 is 5.56 Å². The molecular formula is C20H11N4O+. The Balaban J connectivity index is 2.13. The zero-order valence-corrected chi connectivity index (χ0v) is 13.0. The van der Waals surface area contributed by atoms with Crippen molar-refractivity contribution in [2.45, 2.75) is 0 Å². The Morgan fingerprint density at radius 1 is 1.00 bits per heavy atom. The summed E-state index contributed by atoms with van der Waals surface area (Å²) in [6, 6.07) is 20.9. The lowest BCUT2D eigenvalue weighted by atomic mass is 10.1. The fraction of sp³-hybridized carbons (Fsp3) is 0. The fourth-order valence-electron chi connectivity index (χ4n) is 3.29. The van der Waals surface area contributed by atoms with Gasteiger partial charge in [0.05, 0.1) is 16.3 Å². The Hall–Kier alpha value is -3.78. The van der Waals surface area contributed by atoms with Gasteiger partial charge in [-0.3, -0.25) is 0 Å². The number of hydrogen-bond acceptors (Lipinski definition) is 3. The van der Waals surface area contributed by atoms with Crippen molar-refractivity contribution < 1.29 is 4.98 Å². The Bertz CT molecular complexity index is 1430. The van der Waals surface area contributed by atoms with Crippen molar-refractivity contribution in [3.05, 3.63) is 76.6 Å². The third-order valence-corrected chi connectivity index (χ3v) is 4.46. The van der Waals surface area contributed by atoms with E-state index in [1.165, 1.54) is 4.40 Å². The van der Waals surface area contributed by atoms with Crippen molar-refractivity contribution in [3.63, 3.8) is 0 Å². The van der Waals surface area contributed by atoms with Crippen LogP contribution < -0.4 is 10.5 Å². The minimum Gasteiger partial charge on any atom is -0.240 e. The maximum Gasteiger partial charge on any atom is 0.349 e. The van der Waals surface area contributed by atoms with E-state index in [0.717, 1.165) is 16.3 Å². The standard InChI is InChI=1S/C20H10N4O/c21-11-14-10-13-9-12-5-1-3-7-16(12)22-18(13)24-19(14)23-17-8-4-2-6-15(17)20(24)25/h1-10H/p+1. The van der Waals surface area contributed by atoms with Crippen molar-refractivity contribution in [2.24, 2.45) is 0 Å². The molecule has 0 spiro atoms. The summed E-state index contributed by atoms with van der Waals surface area (Å²) in [4.78, 5) is 21.0. The van der Waals surface area contributed by atoms with Crippen LogP contribution in [0.15, 0.2) is 65.5 Å². The van der Waals surface area contributed by atoms with Gasteiger partial charge in [0.1, 0.15) is 17.1 Å². The summed E-state index contributed by atoms with van der Waals surface area (Å²) >= 11 is 0. The molecule has 0 aliphatic rings. The molecule has 0 bridgehead atoms. The Morgan fingerprint density at radius 3 is 2.68 bits per heavy atom. The number of fused-ring (bicyclic) bond motifs is 5. The second-order valence-electron chi connectivity index (χ2n) is 5.92. The number of pyridine rings is 2. The zero-order valence-electron chi connectivity index (χ0n) is 13.0. The first-order valence-electron chi connectivity index (χ1n) is 7.86. The van der Waals surface area contributed by atoms with Crippen molar-refractivity contribution >= 4 is 38.5 Å². The predicted octanol–water partition coefficient (Wildman–Crippen LogP) is 2.84. The third-order valence-electron chi connectivity index (χ3n) is 4.46. The van der Waals surface area contributed by atoms with Crippen LogP contribution in [0.5, 0.6) is 0 Å². The highest BCUT2D eigenvalue weighted by Crippen LogP contribution is 2.21. The van der Waals surface area contributed by atoms with E-state index in [4.69, 9.17) is 0 Å². The smallest absolute Gasteiger partial charge is 0.240 e. The van der Waals surface area contributed by atoms with Crippen LogP contribution in [0.1, 0.15) is 5.56 Å². The van der Waals surface area contributed by atoms with Crippen molar-refractivity contribution in [3.8, 4) is 6.07 Å². The summed E-state index contributed by atoms with van der Waals surface area (Å²) in [5.74, 6) is 0. The summed E-state index contributed by atoms with van der Waals surface area (Å²) in [5, 5.41) is 11.9. The van der Waals surface area contributed by atoms with E-state index in [0.29, 0.717) is 27.8 Å². The van der Waals surface area contributed by atoms with Crippen LogP contribution in [-0.4, -0.2) is 9.38 Å². The molecular weight excluding hydrogens is 312 g/mol. The van der Waals surface area contributed by atoms with Gasteiger partial charge in [-0.05, 0) is 30.3 Å². The number of H-pyrrole nitrogens is 1. The average Bonchev–Trinajstić information content (AvgIpc) is 2.66. The SMILES string of the molecule is N#Cc1cc2cc3ccccc3[nH+]c2n2c(=O)c3ccccc3nc12. The fourth-order valence-corrected chi connectivity index (χ4v) is 3.29. The van der Waals surface area contributed by atoms with Crippen LogP contribution in [-0.2, 0) is 0 Å². The molecule has 2 aromatic carbocycles. The van der Waals surface area contributed by atoms with Gasteiger partial charge in [-0.15, -0.1) is 4.40 Å². The van der Waals surface area contributed by atoms with Crippen molar-refractivity contribution in [2.75, 3.05) is 0 Å². The molecule has 0 aliphatic carbocycles. The number of nitrogens with one attached hydrogen (secondary N) is 1. The summed E-state index contributed by atoms with van der Waals surface area (Å²) < 4.78 is 1.50. The van der Waals surface area contributed by atoms with Crippen molar-refractivity contribution in [1.29, 1.82) is 5.26 Å². The lowest BCUT2D eigenvalue weighted by molar-refractivity contribution is -0.314. The maximum absolute atomic E-state index is 13.1. The van der Waals surface area contributed by atoms with Gasteiger partial charge in [0.2, 0.25) is 5.65 Å². The third kappa shape index (κ3) is 1.85. The normalized spacial score (nSPS) is 11.3. The molecule has 5 aromatic rings. The zero-order chi connectivity index (χ0) is 17.0. The number of aromatic amines is 1. The first-order chi connectivity index (χ1) is 12.3. The largest absolute Gasteiger partial charge is 0.349 e. The summed E-state index contributed by atoms with van der Waals surface area (Å²) in [7, 11) is 0. The second-order valence-corrected chi connectivity index (χ2v) is 5.92. The van der Waals surface area contributed by atoms with Gasteiger partial charge in [0.15, 0.2) is 0 Å². The number of hydrogen-bond donors (Lipinski definition) is 0. The molecule has 0 aliphatic heterocycles. The minimum absolute atomic E-state index is 0.186. The van der Waals surface area contributed by atoms with Gasteiger partial charge in [-0.2, -0.15) is 5.26 Å². The van der Waals surface area contributed by atoms with Crippen LogP contribution in [0, 0.1) is 11.3 Å². The van der Waals surface area contributed by atoms with Crippen molar-refractivity contribution in [1.82, 2.24) is 9.38 Å². The number of nitrogens with zero attached hydrogens (tertiary/aromatic N) is 3. The minimum atomic E-state index is -0.186. The quantitative estimate of drug-likeness (QED) is 0.325. The average molecular weight is 323 g/mol. The summed E-state index contributed by atoms with van der Waals surface area (Å²) in [6.07, 6.45) is 0. The van der Waals surface area contributed by atoms with Crippen LogP contribution in [0.25, 0.3) is 38.5 Å². The van der Waals surface area contributed by atoms with Gasteiger partial charge < -0.3 is 0 Å². The molecule has 5 heteroatoms. The van der Waals surface area contributed by atoms with Crippen LogP contribution in [0.2, 0.25) is 0 Å². The number of aromatic nitrogens is 3. The Morgan fingerprint density at radius 2 is 1.80 bits per heavy atom. The number of benzene rings is 2. The van der Waals surface area contributed by atoms with Crippen LogP contribution in [0.3, 0.4) is 0 Å². The molecule has 5 rings (SSSR count). The molecule has 0 saturated carbocycles. The highest BCUT2D eigenvalue weighted by atomic mass is 16.1. The Labute approximate surface area is 141 Å². The number of para-hydroxylation sites is 2. The van der Waals surface area contributed by atoms with E-state index < -0.39 is 0 Å². The molecule has 0 amide bonds. The highest BCUT2D eigenvalue weighted by molar-refractivity contribution is 5.91. The monoisotopic (exact) mass is 323 g/mol. The highest BCUT2D eigenvalue weighted by Gasteiger charge is 2.20. The molecule has 3 aromatic heterocycles. The topological polar surface area (TPSA) is 72.3 Å². The van der Waals surface area contributed by atoms with E-state index in [-0.39, 0.29) is 5.56 Å². The van der Waals surface area contributed by atoms with Gasteiger partial charge in [-0.25, -0.2) is 14.8 Å². The molecule has 3 heterocycles. The molecule has 0 unspecified atom stereocenters. The molecule has 0 fully saturated rings. The molecule has 116 valence electrons. The van der Waals surface area contributed by atoms with Crippen LogP contribution in [0.4, 0.5) is 0 Å². The molecule has 0 atom stereocenters. The first-order valence-corrected chi connectivity index (χ1v) is 7.86. The lowest BCUT2D eigenvalue weighted by Gasteiger charge is -2.04. The van der Waals surface area contributed by atoms with Crippen LogP contribution >= 0.6 is 0 Å². The first kappa shape index (κ1) is 13.6. The molecule has 5 nitrogen and oxygen atoms in total. The second kappa shape index (κ2) is 4.86. The maximum atomic E-state index is 13.1. The molecule has 0 saturated heterocycles. The lowest BCUT2D eigenvalue weighted by Crippen LogP contribution is -2.22. The molecule has 25 heavy (non-hydrogen) atoms. The summed E-state index contributed by atoms with van der Waals surface area (Å²) in [6.45, 7) is 0. The van der Waals surface area contributed by atoms with E-state index in [9.17, 15) is 10.1 Å². The van der Waals surface area contributed by atoms with E-state index in [1.54, 1.807) is 18.2 Å². The summed E-state index contributed by atoms with van der Waals surface area (Å²) in [5.41, 5.74) is 2.69. The van der Waals surface area contributed by atoms with Gasteiger partial charge in [-0.1, -0.05) is 30.3 Å². The predicted molar refractivity (Wildman–Crippen MR) is 95.3 cm³/mol. The van der Waals surface area contributed by atoms with E-state index in [1.807, 2.05) is 42.5 Å². The number of rotatable bonds is 0. The van der Waals surface area contributed by atoms with E-state index in [2.05, 4.69) is 16.0 Å². The molecule has 0 radical (unpaired) electrons. The molecule has 1 N–H and O–H groups in total. The number of nitriles is 1. The van der Waals surface area contributed by atoms with E-state index >= 15 is 0 Å². The van der Waals surface area contributed by atoms with Gasteiger partial charge in [0.25, 0.3) is 5.65 Å². The Kier molecular flexibility index (Phi) is 2.65.